The molecule has 3 heteroatoms. The summed E-state index contributed by atoms with van der Waals surface area (Å²) in [7, 11) is 0. The Morgan fingerprint density at radius 1 is 1.24 bits per heavy atom. The summed E-state index contributed by atoms with van der Waals surface area (Å²) >= 11 is 6.23. The maximum atomic E-state index is 6.23. The number of aryl methyl sites for hydroxylation is 1. The lowest BCUT2D eigenvalue weighted by molar-refractivity contribution is 0.404. The van der Waals surface area contributed by atoms with E-state index in [0.717, 1.165) is 35.3 Å². The fourth-order valence-corrected chi connectivity index (χ4v) is 3.82. The van der Waals surface area contributed by atoms with E-state index in [0.29, 0.717) is 11.1 Å². The van der Waals surface area contributed by atoms with Crippen molar-refractivity contribution in [2.75, 3.05) is 0 Å². The second kappa shape index (κ2) is 4.24. The molecule has 1 aromatic rings. The molecule has 0 spiro atoms. The van der Waals surface area contributed by atoms with E-state index in [4.69, 9.17) is 16.6 Å². The molecule has 3 atom stereocenters. The summed E-state index contributed by atoms with van der Waals surface area (Å²) in [4.78, 5) is 9.29. The van der Waals surface area contributed by atoms with Crippen LogP contribution in [-0.4, -0.2) is 9.97 Å². The average Bonchev–Trinajstić information content (AvgIpc) is 2.94. The van der Waals surface area contributed by atoms with Gasteiger partial charge in [-0.25, -0.2) is 9.97 Å². The lowest BCUT2D eigenvalue weighted by atomic mass is 9.88. The minimum absolute atomic E-state index is 0.581. The molecule has 17 heavy (non-hydrogen) atoms. The van der Waals surface area contributed by atoms with Gasteiger partial charge in [0.25, 0.3) is 0 Å². The zero-order valence-corrected chi connectivity index (χ0v) is 11.3. The van der Waals surface area contributed by atoms with Gasteiger partial charge in [-0.05, 0) is 44.4 Å². The van der Waals surface area contributed by atoms with Crippen LogP contribution in [0.25, 0.3) is 0 Å². The van der Waals surface area contributed by atoms with Crippen LogP contribution in [0.15, 0.2) is 0 Å². The van der Waals surface area contributed by atoms with Crippen molar-refractivity contribution in [1.82, 2.24) is 9.97 Å². The predicted octanol–water partition coefficient (Wildman–Crippen LogP) is 3.90. The zero-order valence-electron chi connectivity index (χ0n) is 10.5. The van der Waals surface area contributed by atoms with Crippen molar-refractivity contribution in [3.63, 3.8) is 0 Å². The van der Waals surface area contributed by atoms with Gasteiger partial charge < -0.3 is 0 Å². The van der Waals surface area contributed by atoms with Gasteiger partial charge in [-0.3, -0.25) is 0 Å². The summed E-state index contributed by atoms with van der Waals surface area (Å²) in [6.07, 6.45) is 6.41. The summed E-state index contributed by atoms with van der Waals surface area (Å²) in [6, 6.07) is 0. The van der Waals surface area contributed by atoms with Gasteiger partial charge >= 0.3 is 0 Å². The van der Waals surface area contributed by atoms with Gasteiger partial charge in [-0.1, -0.05) is 24.9 Å². The van der Waals surface area contributed by atoms with E-state index >= 15 is 0 Å². The molecule has 92 valence electrons. The van der Waals surface area contributed by atoms with Gasteiger partial charge in [0.15, 0.2) is 0 Å². The highest BCUT2D eigenvalue weighted by Crippen LogP contribution is 2.52. The maximum absolute atomic E-state index is 6.23. The molecule has 2 bridgehead atoms. The second-order valence-corrected chi connectivity index (χ2v) is 5.94. The van der Waals surface area contributed by atoms with Crippen LogP contribution in [0.5, 0.6) is 0 Å². The topological polar surface area (TPSA) is 25.8 Å². The summed E-state index contributed by atoms with van der Waals surface area (Å²) in [5.41, 5.74) is 2.18. The van der Waals surface area contributed by atoms with Crippen LogP contribution < -0.4 is 0 Å². The molecule has 0 aromatic carbocycles. The number of halogens is 1. The third kappa shape index (κ3) is 1.87. The third-order valence-corrected chi connectivity index (χ3v) is 4.98. The summed E-state index contributed by atoms with van der Waals surface area (Å²) in [5, 5.41) is 0.662. The second-order valence-electron chi connectivity index (χ2n) is 5.58. The molecular weight excluding hydrogens is 232 g/mol. The van der Waals surface area contributed by atoms with E-state index in [1.54, 1.807) is 0 Å². The molecule has 0 amide bonds. The first-order valence-electron chi connectivity index (χ1n) is 6.72. The van der Waals surface area contributed by atoms with Crippen LogP contribution in [0.2, 0.25) is 5.15 Å². The standard InChI is InChI=1S/C14H19ClN2/c1-3-12-8(2)13(15)17-14(16-12)11-7-9-4-5-10(11)6-9/h9-11H,3-7H2,1-2H3. The van der Waals surface area contributed by atoms with E-state index in [1.807, 2.05) is 6.92 Å². The number of hydrogen-bond acceptors (Lipinski definition) is 2. The normalized spacial score (nSPS) is 31.1. The van der Waals surface area contributed by atoms with Gasteiger partial charge in [0, 0.05) is 17.2 Å². The molecule has 0 saturated heterocycles. The Kier molecular flexibility index (Phi) is 2.86. The van der Waals surface area contributed by atoms with Gasteiger partial charge in [0.2, 0.25) is 0 Å². The lowest BCUT2D eigenvalue weighted by Crippen LogP contribution is -2.14. The van der Waals surface area contributed by atoms with Crippen molar-refractivity contribution in [1.29, 1.82) is 0 Å². The van der Waals surface area contributed by atoms with E-state index in [1.165, 1.54) is 25.7 Å². The molecule has 0 aliphatic heterocycles. The van der Waals surface area contributed by atoms with Crippen molar-refractivity contribution in [2.45, 2.75) is 51.9 Å². The monoisotopic (exact) mass is 250 g/mol. The third-order valence-electron chi connectivity index (χ3n) is 4.61. The molecule has 2 aliphatic carbocycles. The van der Waals surface area contributed by atoms with Crippen LogP contribution in [0.1, 0.15) is 55.6 Å². The molecule has 3 unspecified atom stereocenters. The number of aromatic nitrogens is 2. The van der Waals surface area contributed by atoms with Crippen molar-refractivity contribution in [3.05, 3.63) is 22.2 Å². The minimum atomic E-state index is 0.581. The first-order valence-corrected chi connectivity index (χ1v) is 7.09. The highest BCUT2D eigenvalue weighted by molar-refractivity contribution is 6.30. The van der Waals surface area contributed by atoms with E-state index < -0.39 is 0 Å². The molecule has 1 heterocycles. The number of fused-ring (bicyclic) bond motifs is 2. The Balaban J connectivity index is 1.95. The first-order chi connectivity index (χ1) is 8.19. The molecular formula is C14H19ClN2. The van der Waals surface area contributed by atoms with Crippen LogP contribution in [0.3, 0.4) is 0 Å². The molecule has 0 radical (unpaired) electrons. The van der Waals surface area contributed by atoms with Crippen LogP contribution in [0, 0.1) is 18.8 Å². The number of nitrogens with zero attached hydrogens (tertiary/aromatic N) is 2. The van der Waals surface area contributed by atoms with Crippen LogP contribution >= 0.6 is 11.6 Å². The molecule has 3 rings (SSSR count). The molecule has 2 saturated carbocycles. The molecule has 2 aliphatic rings. The Hall–Kier alpha value is -0.630. The predicted molar refractivity (Wildman–Crippen MR) is 69.3 cm³/mol. The fraction of sp³-hybridized carbons (Fsp3) is 0.714. The van der Waals surface area contributed by atoms with Crippen molar-refractivity contribution < 1.29 is 0 Å². The Bertz CT molecular complexity index is 444. The Labute approximate surface area is 108 Å². The summed E-state index contributed by atoms with van der Waals surface area (Å²) in [6.45, 7) is 4.15. The van der Waals surface area contributed by atoms with Gasteiger partial charge in [-0.2, -0.15) is 0 Å². The van der Waals surface area contributed by atoms with Crippen molar-refractivity contribution >= 4 is 11.6 Å². The minimum Gasteiger partial charge on any atom is -0.237 e. The maximum Gasteiger partial charge on any atom is 0.135 e. The number of rotatable bonds is 2. The molecule has 2 nitrogen and oxygen atoms in total. The Morgan fingerprint density at radius 2 is 2.06 bits per heavy atom. The largest absolute Gasteiger partial charge is 0.237 e. The fourth-order valence-electron chi connectivity index (χ4n) is 3.62. The smallest absolute Gasteiger partial charge is 0.135 e. The highest BCUT2D eigenvalue weighted by Gasteiger charge is 2.41. The molecule has 0 N–H and O–H groups in total. The quantitative estimate of drug-likeness (QED) is 0.744. The van der Waals surface area contributed by atoms with E-state index in [9.17, 15) is 0 Å². The van der Waals surface area contributed by atoms with Gasteiger partial charge in [0.05, 0.1) is 0 Å². The summed E-state index contributed by atoms with van der Waals surface area (Å²) < 4.78 is 0. The van der Waals surface area contributed by atoms with E-state index in [2.05, 4.69) is 11.9 Å². The molecule has 2 fully saturated rings. The van der Waals surface area contributed by atoms with Gasteiger partial charge in [-0.15, -0.1) is 0 Å². The molecule has 1 aromatic heterocycles. The van der Waals surface area contributed by atoms with Crippen molar-refractivity contribution in [2.24, 2.45) is 11.8 Å². The zero-order chi connectivity index (χ0) is 12.0. The van der Waals surface area contributed by atoms with Gasteiger partial charge in [0.1, 0.15) is 11.0 Å². The van der Waals surface area contributed by atoms with Crippen molar-refractivity contribution in [3.8, 4) is 0 Å². The Morgan fingerprint density at radius 3 is 2.65 bits per heavy atom. The average molecular weight is 251 g/mol. The highest BCUT2D eigenvalue weighted by atomic mass is 35.5. The van der Waals surface area contributed by atoms with E-state index in [-0.39, 0.29) is 0 Å². The van der Waals surface area contributed by atoms with Crippen LogP contribution in [-0.2, 0) is 6.42 Å². The number of hydrogen-bond donors (Lipinski definition) is 0. The first kappa shape index (κ1) is 11.5. The van der Waals surface area contributed by atoms with Crippen LogP contribution in [0.4, 0.5) is 0 Å². The summed E-state index contributed by atoms with van der Waals surface area (Å²) in [5.74, 6) is 3.35. The lowest BCUT2D eigenvalue weighted by Gasteiger charge is -2.21. The SMILES string of the molecule is CCc1nc(C2CC3CCC2C3)nc(Cl)c1C.